The summed E-state index contributed by atoms with van der Waals surface area (Å²) in [7, 11) is 0. The van der Waals surface area contributed by atoms with Crippen LogP contribution in [0.4, 0.5) is 4.39 Å². The third kappa shape index (κ3) is 4.11. The van der Waals surface area contributed by atoms with Crippen molar-refractivity contribution in [2.24, 2.45) is 0 Å². The van der Waals surface area contributed by atoms with Crippen molar-refractivity contribution in [3.63, 3.8) is 0 Å². The lowest BCUT2D eigenvalue weighted by Gasteiger charge is -2.02. The van der Waals surface area contributed by atoms with Gasteiger partial charge < -0.3 is 15.4 Å². The van der Waals surface area contributed by atoms with Crippen molar-refractivity contribution in [1.82, 2.24) is 25.3 Å². The fourth-order valence-corrected chi connectivity index (χ4v) is 2.82. The third-order valence-electron chi connectivity index (χ3n) is 4.17. The molecule has 0 radical (unpaired) electrons. The molecule has 0 saturated heterocycles. The van der Waals surface area contributed by atoms with Crippen LogP contribution in [0.5, 0.6) is 5.75 Å². The fraction of sp³-hybridized carbons (Fsp3) is 0.0476. The maximum absolute atomic E-state index is 13.7. The van der Waals surface area contributed by atoms with E-state index in [-0.39, 0.29) is 23.8 Å². The molecule has 0 bridgehead atoms. The highest BCUT2D eigenvalue weighted by Crippen LogP contribution is 2.29. The zero-order valence-electron chi connectivity index (χ0n) is 15.1. The van der Waals surface area contributed by atoms with Gasteiger partial charge in [0, 0.05) is 11.8 Å². The van der Waals surface area contributed by atoms with Gasteiger partial charge in [-0.25, -0.2) is 14.4 Å². The molecule has 3 heterocycles. The molecule has 144 valence electrons. The summed E-state index contributed by atoms with van der Waals surface area (Å²) >= 11 is 0. The zero-order valence-corrected chi connectivity index (χ0v) is 15.1. The van der Waals surface area contributed by atoms with Crippen LogP contribution in [0, 0.1) is 5.82 Å². The van der Waals surface area contributed by atoms with Crippen LogP contribution in [0.2, 0.25) is 0 Å². The first-order chi connectivity index (χ1) is 14.1. The van der Waals surface area contributed by atoms with Gasteiger partial charge in [0.15, 0.2) is 0 Å². The van der Waals surface area contributed by atoms with Crippen molar-refractivity contribution in [1.29, 1.82) is 0 Å². The van der Waals surface area contributed by atoms with Crippen molar-refractivity contribution < 1.29 is 14.3 Å². The van der Waals surface area contributed by atoms with Gasteiger partial charge in [-0.15, -0.1) is 0 Å². The van der Waals surface area contributed by atoms with Crippen molar-refractivity contribution in [3.8, 4) is 28.4 Å². The highest BCUT2D eigenvalue weighted by molar-refractivity contribution is 5.92. The summed E-state index contributed by atoms with van der Waals surface area (Å²) < 4.78 is 13.7. The number of rotatable bonds is 5. The Hall–Kier alpha value is -4.07. The van der Waals surface area contributed by atoms with Gasteiger partial charge in [0.1, 0.15) is 23.1 Å². The van der Waals surface area contributed by atoms with Gasteiger partial charge in [-0.05, 0) is 36.4 Å². The zero-order chi connectivity index (χ0) is 20.2. The summed E-state index contributed by atoms with van der Waals surface area (Å²) in [6.07, 6.45) is 2.85. The van der Waals surface area contributed by atoms with E-state index in [1.165, 1.54) is 30.5 Å². The van der Waals surface area contributed by atoms with Crippen LogP contribution in [0.1, 0.15) is 16.3 Å². The number of carbonyl (C=O) groups is 1. The van der Waals surface area contributed by atoms with Crippen molar-refractivity contribution in [2.75, 3.05) is 0 Å². The number of H-pyrrole nitrogens is 1. The van der Waals surface area contributed by atoms with Crippen LogP contribution >= 0.6 is 0 Å². The van der Waals surface area contributed by atoms with E-state index in [1.807, 2.05) is 12.1 Å². The molecule has 8 heteroatoms. The molecule has 4 aromatic rings. The molecule has 3 aromatic heterocycles. The van der Waals surface area contributed by atoms with E-state index in [1.54, 1.807) is 24.4 Å². The average molecular weight is 389 g/mol. The molecule has 0 spiro atoms. The molecule has 0 atom stereocenters. The summed E-state index contributed by atoms with van der Waals surface area (Å²) in [4.78, 5) is 28.2. The lowest BCUT2D eigenvalue weighted by molar-refractivity contribution is 0.0945. The predicted octanol–water partition coefficient (Wildman–Crippen LogP) is 3.31. The molecule has 1 amide bonds. The van der Waals surface area contributed by atoms with Crippen LogP contribution in [0.3, 0.4) is 0 Å². The minimum atomic E-state index is -0.409. The number of nitrogens with zero attached hydrogens (tertiary/aromatic N) is 3. The normalized spacial score (nSPS) is 10.7. The first kappa shape index (κ1) is 18.3. The van der Waals surface area contributed by atoms with E-state index < -0.39 is 5.91 Å². The van der Waals surface area contributed by atoms with E-state index in [0.29, 0.717) is 28.5 Å². The Balaban J connectivity index is 1.62. The molecule has 7 nitrogen and oxygen atoms in total. The number of pyridine rings is 2. The maximum Gasteiger partial charge on any atom is 0.270 e. The van der Waals surface area contributed by atoms with Crippen LogP contribution < -0.4 is 5.32 Å². The Morgan fingerprint density at radius 1 is 1.10 bits per heavy atom. The smallest absolute Gasteiger partial charge is 0.270 e. The summed E-state index contributed by atoms with van der Waals surface area (Å²) in [5.74, 6) is -0.316. The molecule has 4 rings (SSSR count). The minimum Gasteiger partial charge on any atom is -0.506 e. The second-order valence-electron chi connectivity index (χ2n) is 6.22. The van der Waals surface area contributed by atoms with Gasteiger partial charge in [0.05, 0.1) is 29.8 Å². The molecule has 0 saturated carbocycles. The summed E-state index contributed by atoms with van der Waals surface area (Å²) in [5.41, 5.74) is 2.58. The van der Waals surface area contributed by atoms with Gasteiger partial charge >= 0.3 is 0 Å². The summed E-state index contributed by atoms with van der Waals surface area (Å²) in [6.45, 7) is 0.108. The van der Waals surface area contributed by atoms with Crippen molar-refractivity contribution >= 4 is 5.91 Å². The van der Waals surface area contributed by atoms with Crippen LogP contribution in [0.15, 0.2) is 67.0 Å². The maximum atomic E-state index is 13.7. The van der Waals surface area contributed by atoms with Gasteiger partial charge in [-0.2, -0.15) is 0 Å². The minimum absolute atomic E-state index is 0.0210. The molecule has 0 aliphatic rings. The van der Waals surface area contributed by atoms with Crippen LogP contribution in [-0.4, -0.2) is 30.9 Å². The fourth-order valence-electron chi connectivity index (χ4n) is 2.82. The molecule has 0 aliphatic carbocycles. The van der Waals surface area contributed by atoms with E-state index in [9.17, 15) is 14.3 Å². The number of hydrogen-bond acceptors (Lipinski definition) is 5. The number of aromatic hydroxyl groups is 1. The molecular formula is C21H16FN5O2. The van der Waals surface area contributed by atoms with Crippen LogP contribution in [-0.2, 0) is 6.54 Å². The topological polar surface area (TPSA) is 104 Å². The standard InChI is InChI=1S/C21H16FN5O2/c22-14-5-3-4-13(10-14)19-20(16-6-1-2-9-23-16)27-18(26-19)12-25-21(29)17-8-7-15(28)11-24-17/h1-11,28H,12H2,(H,25,29)(H,26,27). The molecule has 3 N–H and O–H groups in total. The highest BCUT2D eigenvalue weighted by Gasteiger charge is 2.16. The summed E-state index contributed by atoms with van der Waals surface area (Å²) in [5, 5.41) is 12.0. The van der Waals surface area contributed by atoms with E-state index in [4.69, 9.17) is 0 Å². The number of benzene rings is 1. The lowest BCUT2D eigenvalue weighted by Crippen LogP contribution is -2.24. The quantitative estimate of drug-likeness (QED) is 0.486. The summed E-state index contributed by atoms with van der Waals surface area (Å²) in [6, 6.07) is 14.4. The average Bonchev–Trinajstić information content (AvgIpc) is 3.18. The highest BCUT2D eigenvalue weighted by atomic mass is 19.1. The first-order valence-electron chi connectivity index (χ1n) is 8.79. The van der Waals surface area contributed by atoms with Gasteiger partial charge in [-0.3, -0.25) is 9.78 Å². The van der Waals surface area contributed by atoms with Gasteiger partial charge in [0.2, 0.25) is 0 Å². The van der Waals surface area contributed by atoms with Crippen molar-refractivity contribution in [3.05, 3.63) is 84.3 Å². The van der Waals surface area contributed by atoms with E-state index in [2.05, 4.69) is 25.3 Å². The monoisotopic (exact) mass is 389 g/mol. The molecule has 0 fully saturated rings. The molecular weight excluding hydrogens is 373 g/mol. The van der Waals surface area contributed by atoms with Crippen molar-refractivity contribution in [2.45, 2.75) is 6.54 Å². The van der Waals surface area contributed by atoms with Gasteiger partial charge in [-0.1, -0.05) is 18.2 Å². The SMILES string of the molecule is O=C(NCc1nc(-c2cccc(F)c2)c(-c2ccccn2)[nH]1)c1ccc(O)cn1. The number of aromatic nitrogens is 4. The van der Waals surface area contributed by atoms with Gasteiger partial charge in [0.25, 0.3) is 5.91 Å². The Bertz CT molecular complexity index is 1140. The number of carbonyl (C=O) groups excluding carboxylic acids is 1. The Morgan fingerprint density at radius 3 is 2.72 bits per heavy atom. The van der Waals surface area contributed by atoms with E-state index in [0.717, 1.165) is 0 Å². The second kappa shape index (κ2) is 7.89. The Labute approximate surface area is 165 Å². The molecule has 0 aliphatic heterocycles. The third-order valence-corrected chi connectivity index (χ3v) is 4.17. The number of amides is 1. The Morgan fingerprint density at radius 2 is 2.00 bits per heavy atom. The van der Waals surface area contributed by atoms with E-state index >= 15 is 0 Å². The molecule has 29 heavy (non-hydrogen) atoms. The Kier molecular flexibility index (Phi) is 4.98. The number of imidazole rings is 1. The largest absolute Gasteiger partial charge is 0.506 e. The lowest BCUT2D eigenvalue weighted by atomic mass is 10.1. The predicted molar refractivity (Wildman–Crippen MR) is 104 cm³/mol. The molecule has 0 unspecified atom stereocenters. The number of hydrogen-bond donors (Lipinski definition) is 3. The number of halogens is 1. The first-order valence-corrected chi connectivity index (χ1v) is 8.79. The van der Waals surface area contributed by atoms with Crippen LogP contribution in [0.25, 0.3) is 22.6 Å². The number of nitrogens with one attached hydrogen (secondary N) is 2. The second-order valence-corrected chi connectivity index (χ2v) is 6.22. The molecule has 1 aromatic carbocycles. The number of aromatic amines is 1.